The topological polar surface area (TPSA) is 67.8 Å². The Balaban J connectivity index is 2.18. The van der Waals surface area contributed by atoms with E-state index in [4.69, 9.17) is 50.5 Å². The van der Waals surface area contributed by atoms with E-state index in [0.29, 0.717) is 26.4 Å². The van der Waals surface area contributed by atoms with E-state index < -0.39 is 0 Å². The van der Waals surface area contributed by atoms with E-state index in [2.05, 4.69) is 5.16 Å². The Morgan fingerprint density at radius 2 is 1.76 bits per heavy atom. The van der Waals surface area contributed by atoms with Crippen LogP contribution in [-0.2, 0) is 6.61 Å². The van der Waals surface area contributed by atoms with Crippen LogP contribution in [0.15, 0.2) is 41.6 Å². The third kappa shape index (κ3) is 3.73. The predicted molar refractivity (Wildman–Crippen MR) is 84.8 cm³/mol. The number of oxime groups is 1. The molecule has 0 saturated carbocycles. The first kappa shape index (κ1) is 15.8. The molecule has 0 aromatic heterocycles. The molecule has 0 bridgehead atoms. The molecule has 2 rings (SSSR count). The van der Waals surface area contributed by atoms with Gasteiger partial charge in [-0.1, -0.05) is 58.2 Å². The van der Waals surface area contributed by atoms with Crippen molar-refractivity contribution in [2.24, 2.45) is 10.9 Å². The Morgan fingerprint density at radius 3 is 2.33 bits per heavy atom. The molecule has 0 spiro atoms. The van der Waals surface area contributed by atoms with Gasteiger partial charge in [-0.2, -0.15) is 0 Å². The van der Waals surface area contributed by atoms with E-state index >= 15 is 0 Å². The van der Waals surface area contributed by atoms with Gasteiger partial charge in [-0.25, -0.2) is 0 Å². The number of para-hydroxylation sites is 1. The van der Waals surface area contributed by atoms with Gasteiger partial charge in [-0.05, 0) is 18.2 Å². The molecule has 2 aromatic rings. The molecule has 0 aliphatic carbocycles. The van der Waals surface area contributed by atoms with Crippen LogP contribution < -0.4 is 10.5 Å². The highest BCUT2D eigenvalue weighted by Crippen LogP contribution is 2.33. The third-order valence-corrected chi connectivity index (χ3v) is 3.69. The van der Waals surface area contributed by atoms with Crippen molar-refractivity contribution in [1.82, 2.24) is 0 Å². The fourth-order valence-corrected chi connectivity index (χ4v) is 2.39. The number of halogens is 3. The van der Waals surface area contributed by atoms with Crippen molar-refractivity contribution in [3.8, 4) is 5.75 Å². The van der Waals surface area contributed by atoms with Crippen LogP contribution in [0.25, 0.3) is 0 Å². The van der Waals surface area contributed by atoms with Gasteiger partial charge in [0, 0.05) is 16.1 Å². The summed E-state index contributed by atoms with van der Waals surface area (Å²) in [6.45, 7) is 0.193. The van der Waals surface area contributed by atoms with E-state index in [9.17, 15) is 0 Å². The number of nitrogens with zero attached hydrogens (tertiary/aromatic N) is 1. The lowest BCUT2D eigenvalue weighted by atomic mass is 10.1. The lowest BCUT2D eigenvalue weighted by molar-refractivity contribution is 0.306. The Kier molecular flexibility index (Phi) is 5.17. The van der Waals surface area contributed by atoms with Crippen LogP contribution in [0, 0.1) is 0 Å². The van der Waals surface area contributed by atoms with Crippen molar-refractivity contribution >= 4 is 40.6 Å². The molecular weight excluding hydrogens is 335 g/mol. The lowest BCUT2D eigenvalue weighted by Crippen LogP contribution is -2.13. The highest BCUT2D eigenvalue weighted by atomic mass is 35.5. The molecule has 0 atom stereocenters. The fraction of sp³-hybridized carbons (Fsp3) is 0.0714. The summed E-state index contributed by atoms with van der Waals surface area (Å²) in [6, 6.07) is 10.1. The molecule has 0 heterocycles. The molecule has 0 unspecified atom stereocenters. The molecule has 2 aromatic carbocycles. The largest absolute Gasteiger partial charge is 0.486 e. The summed E-state index contributed by atoms with van der Waals surface area (Å²) in [6.07, 6.45) is 0. The maximum Gasteiger partial charge on any atom is 0.170 e. The minimum Gasteiger partial charge on any atom is -0.486 e. The fourth-order valence-electron chi connectivity index (χ4n) is 1.65. The minimum absolute atomic E-state index is 0.0153. The first-order valence-corrected chi connectivity index (χ1v) is 6.99. The van der Waals surface area contributed by atoms with Crippen molar-refractivity contribution in [1.29, 1.82) is 0 Å². The molecular formula is C14H11Cl3N2O2. The Hall–Kier alpha value is -1.62. The number of rotatable bonds is 4. The Bertz CT molecular complexity index is 670. The second kappa shape index (κ2) is 6.89. The van der Waals surface area contributed by atoms with Crippen LogP contribution in [0.2, 0.25) is 15.1 Å². The Labute approximate surface area is 136 Å². The van der Waals surface area contributed by atoms with E-state index in [1.54, 1.807) is 36.4 Å². The monoisotopic (exact) mass is 344 g/mol. The summed E-state index contributed by atoms with van der Waals surface area (Å²) < 4.78 is 5.60. The van der Waals surface area contributed by atoms with Crippen LogP contribution in [0.3, 0.4) is 0 Å². The molecule has 0 fully saturated rings. The smallest absolute Gasteiger partial charge is 0.170 e. The SMILES string of the molecule is N/C(=N/O)c1ccc(COc2c(Cl)cccc2Cl)c(Cl)c1. The van der Waals surface area contributed by atoms with Gasteiger partial charge >= 0.3 is 0 Å². The number of ether oxygens (including phenoxy) is 1. The van der Waals surface area contributed by atoms with Gasteiger partial charge in [0.15, 0.2) is 11.6 Å². The van der Waals surface area contributed by atoms with Gasteiger partial charge < -0.3 is 15.7 Å². The number of amidine groups is 1. The zero-order valence-electron chi connectivity index (χ0n) is 10.7. The second-order valence-electron chi connectivity index (χ2n) is 4.13. The third-order valence-electron chi connectivity index (χ3n) is 2.75. The zero-order valence-corrected chi connectivity index (χ0v) is 13.0. The van der Waals surface area contributed by atoms with Gasteiger partial charge in [0.1, 0.15) is 6.61 Å². The maximum atomic E-state index is 8.63. The molecule has 0 amide bonds. The van der Waals surface area contributed by atoms with E-state index in [1.807, 2.05) is 0 Å². The molecule has 4 nitrogen and oxygen atoms in total. The van der Waals surface area contributed by atoms with Gasteiger partial charge in [-0.3, -0.25) is 0 Å². The molecule has 21 heavy (non-hydrogen) atoms. The molecule has 110 valence electrons. The standard InChI is InChI=1S/C14H11Cl3N2O2/c15-10-2-1-3-11(16)13(10)21-7-9-5-4-8(6-12(9)17)14(18)19-20/h1-6,20H,7H2,(H2,18,19). The summed E-state index contributed by atoms with van der Waals surface area (Å²) in [5.41, 5.74) is 6.73. The van der Waals surface area contributed by atoms with Crippen LogP contribution in [-0.4, -0.2) is 11.0 Å². The van der Waals surface area contributed by atoms with Gasteiger partial charge in [0.25, 0.3) is 0 Å². The van der Waals surface area contributed by atoms with Crippen LogP contribution in [0.4, 0.5) is 0 Å². The summed E-state index contributed by atoms with van der Waals surface area (Å²) in [5.74, 6) is 0.385. The number of benzene rings is 2. The van der Waals surface area contributed by atoms with Crippen LogP contribution >= 0.6 is 34.8 Å². The van der Waals surface area contributed by atoms with Crippen LogP contribution in [0.5, 0.6) is 5.75 Å². The normalized spacial score (nSPS) is 11.5. The molecule has 0 aliphatic heterocycles. The highest BCUT2D eigenvalue weighted by molar-refractivity contribution is 6.37. The van der Waals surface area contributed by atoms with E-state index in [0.717, 1.165) is 5.56 Å². The zero-order chi connectivity index (χ0) is 15.4. The average molecular weight is 346 g/mol. The van der Waals surface area contributed by atoms with Crippen molar-refractivity contribution in [3.63, 3.8) is 0 Å². The van der Waals surface area contributed by atoms with Crippen molar-refractivity contribution in [3.05, 3.63) is 62.6 Å². The van der Waals surface area contributed by atoms with Crippen LogP contribution in [0.1, 0.15) is 11.1 Å². The van der Waals surface area contributed by atoms with Gasteiger partial charge in [0.2, 0.25) is 0 Å². The molecule has 3 N–H and O–H groups in total. The number of hydrogen-bond acceptors (Lipinski definition) is 3. The van der Waals surface area contributed by atoms with Crippen molar-refractivity contribution in [2.45, 2.75) is 6.61 Å². The first-order valence-electron chi connectivity index (χ1n) is 5.86. The predicted octanol–water partition coefficient (Wildman–Crippen LogP) is 4.32. The summed E-state index contributed by atoms with van der Waals surface area (Å²) in [4.78, 5) is 0. The first-order chi connectivity index (χ1) is 10.0. The van der Waals surface area contributed by atoms with E-state index in [-0.39, 0.29) is 12.4 Å². The van der Waals surface area contributed by atoms with Crippen molar-refractivity contribution in [2.75, 3.05) is 0 Å². The molecule has 0 aliphatic rings. The minimum atomic E-state index is -0.0153. The summed E-state index contributed by atoms with van der Waals surface area (Å²) in [5, 5.41) is 12.8. The van der Waals surface area contributed by atoms with E-state index in [1.165, 1.54) is 0 Å². The van der Waals surface area contributed by atoms with Gasteiger partial charge in [0.05, 0.1) is 10.0 Å². The van der Waals surface area contributed by atoms with Crippen molar-refractivity contribution < 1.29 is 9.94 Å². The summed E-state index contributed by atoms with van der Waals surface area (Å²) >= 11 is 18.2. The van der Waals surface area contributed by atoms with Gasteiger partial charge in [-0.15, -0.1) is 0 Å². The lowest BCUT2D eigenvalue weighted by Gasteiger charge is -2.11. The average Bonchev–Trinajstić information content (AvgIpc) is 2.47. The molecule has 0 saturated heterocycles. The molecule has 7 heteroatoms. The number of hydrogen-bond donors (Lipinski definition) is 2. The second-order valence-corrected chi connectivity index (χ2v) is 5.35. The number of nitrogens with two attached hydrogens (primary N) is 1. The highest BCUT2D eigenvalue weighted by Gasteiger charge is 2.09. The Morgan fingerprint density at radius 1 is 1.10 bits per heavy atom. The maximum absolute atomic E-state index is 8.63. The summed E-state index contributed by atoms with van der Waals surface area (Å²) in [7, 11) is 0. The quantitative estimate of drug-likeness (QED) is 0.375. The molecule has 0 radical (unpaired) electrons.